The fraction of sp³-hybridized carbons (Fsp3) is 0.294. The van der Waals surface area contributed by atoms with E-state index in [1.807, 2.05) is 42.5 Å². The average Bonchev–Trinajstić information content (AvgIpc) is 2.53. The zero-order chi connectivity index (χ0) is 14.4. The lowest BCUT2D eigenvalue weighted by atomic mass is 10.1. The minimum Gasteiger partial charge on any atom is -0.497 e. The maximum atomic E-state index is 10.1. The topological polar surface area (TPSA) is 38.7 Å². The molecule has 0 aliphatic rings. The Morgan fingerprint density at radius 1 is 1.05 bits per heavy atom. The molecule has 0 fully saturated rings. The van der Waals surface area contributed by atoms with Crippen molar-refractivity contribution in [1.29, 1.82) is 0 Å². The maximum absolute atomic E-state index is 10.1. The minimum atomic E-state index is -0.647. The van der Waals surface area contributed by atoms with Gasteiger partial charge in [-0.25, -0.2) is 0 Å². The monoisotopic (exact) mass is 272 g/mol. The van der Waals surface area contributed by atoms with Gasteiger partial charge in [0.25, 0.3) is 0 Å². The van der Waals surface area contributed by atoms with Gasteiger partial charge in [-0.15, -0.1) is 0 Å². The molecular formula is C17H20O3. The molecule has 3 nitrogen and oxygen atoms in total. The molecule has 106 valence electrons. The van der Waals surface area contributed by atoms with Crippen LogP contribution in [-0.4, -0.2) is 18.8 Å². The van der Waals surface area contributed by atoms with E-state index >= 15 is 0 Å². The van der Waals surface area contributed by atoms with Gasteiger partial charge >= 0.3 is 0 Å². The Hall–Kier alpha value is -2.00. The summed E-state index contributed by atoms with van der Waals surface area (Å²) in [7, 11) is 1.62. The second-order valence-electron chi connectivity index (χ2n) is 4.60. The first-order chi connectivity index (χ1) is 9.72. The lowest BCUT2D eigenvalue weighted by Crippen LogP contribution is -2.09. The predicted octanol–water partition coefficient (Wildman–Crippen LogP) is 3.37. The number of aryl methyl sites for hydroxylation is 1. The smallest absolute Gasteiger partial charge is 0.119 e. The number of aliphatic hydroxyl groups is 1. The molecule has 2 aromatic carbocycles. The van der Waals surface area contributed by atoms with Gasteiger partial charge in [0.2, 0.25) is 0 Å². The summed E-state index contributed by atoms with van der Waals surface area (Å²) in [4.78, 5) is 0. The van der Waals surface area contributed by atoms with E-state index in [4.69, 9.17) is 9.47 Å². The van der Waals surface area contributed by atoms with Crippen molar-refractivity contribution >= 4 is 0 Å². The van der Waals surface area contributed by atoms with Crippen LogP contribution in [0.5, 0.6) is 11.5 Å². The zero-order valence-electron chi connectivity index (χ0n) is 11.9. The summed E-state index contributed by atoms with van der Waals surface area (Å²) < 4.78 is 10.7. The summed E-state index contributed by atoms with van der Waals surface area (Å²) in [5, 5.41) is 10.1. The molecule has 2 rings (SSSR count). The van der Waals surface area contributed by atoms with Crippen molar-refractivity contribution in [1.82, 2.24) is 0 Å². The van der Waals surface area contributed by atoms with Crippen molar-refractivity contribution in [2.75, 3.05) is 13.7 Å². The van der Waals surface area contributed by atoms with Gasteiger partial charge in [-0.2, -0.15) is 0 Å². The molecule has 0 saturated carbocycles. The molecule has 20 heavy (non-hydrogen) atoms. The third kappa shape index (κ3) is 3.75. The molecule has 0 aliphatic heterocycles. The van der Waals surface area contributed by atoms with Crippen LogP contribution in [0.4, 0.5) is 0 Å². The van der Waals surface area contributed by atoms with Crippen LogP contribution < -0.4 is 9.47 Å². The van der Waals surface area contributed by atoms with Gasteiger partial charge in [0, 0.05) is 0 Å². The minimum absolute atomic E-state index is 0.236. The molecular weight excluding hydrogens is 252 g/mol. The molecule has 2 aromatic rings. The molecule has 0 radical (unpaired) electrons. The summed E-state index contributed by atoms with van der Waals surface area (Å²) in [6, 6.07) is 15.3. The summed E-state index contributed by atoms with van der Waals surface area (Å²) in [5.74, 6) is 1.56. The Balaban J connectivity index is 1.95. The van der Waals surface area contributed by atoms with Crippen LogP contribution in [0.15, 0.2) is 48.5 Å². The predicted molar refractivity (Wildman–Crippen MR) is 79.3 cm³/mol. The van der Waals surface area contributed by atoms with E-state index in [1.54, 1.807) is 7.11 Å². The van der Waals surface area contributed by atoms with Crippen molar-refractivity contribution < 1.29 is 14.6 Å². The van der Waals surface area contributed by atoms with Crippen LogP contribution in [0, 0.1) is 0 Å². The molecule has 0 amide bonds. The highest BCUT2D eigenvalue weighted by Crippen LogP contribution is 2.20. The normalized spacial score (nSPS) is 11.9. The van der Waals surface area contributed by atoms with Crippen molar-refractivity contribution in [2.45, 2.75) is 19.4 Å². The van der Waals surface area contributed by atoms with E-state index in [1.165, 1.54) is 5.56 Å². The first-order valence-corrected chi connectivity index (χ1v) is 6.76. The van der Waals surface area contributed by atoms with Crippen molar-refractivity contribution in [2.24, 2.45) is 0 Å². The molecule has 0 heterocycles. The number of ether oxygens (including phenoxy) is 2. The van der Waals surface area contributed by atoms with Crippen molar-refractivity contribution in [3.05, 3.63) is 59.7 Å². The van der Waals surface area contributed by atoms with E-state index in [0.717, 1.165) is 23.5 Å². The van der Waals surface area contributed by atoms with Gasteiger partial charge in [-0.1, -0.05) is 31.2 Å². The molecule has 1 atom stereocenters. The van der Waals surface area contributed by atoms with Crippen molar-refractivity contribution in [3.63, 3.8) is 0 Å². The maximum Gasteiger partial charge on any atom is 0.119 e. The lowest BCUT2D eigenvalue weighted by molar-refractivity contribution is 0.108. The lowest BCUT2D eigenvalue weighted by Gasteiger charge is -2.13. The quantitative estimate of drug-likeness (QED) is 0.876. The fourth-order valence-corrected chi connectivity index (χ4v) is 1.95. The van der Waals surface area contributed by atoms with Gasteiger partial charge in [0.05, 0.1) is 7.11 Å². The first kappa shape index (κ1) is 14.4. The molecule has 0 saturated heterocycles. The Kier molecular flexibility index (Phi) is 5.02. The highest BCUT2D eigenvalue weighted by atomic mass is 16.5. The van der Waals surface area contributed by atoms with Crippen LogP contribution in [0.25, 0.3) is 0 Å². The zero-order valence-corrected chi connectivity index (χ0v) is 11.9. The van der Waals surface area contributed by atoms with Crippen LogP contribution in [-0.2, 0) is 6.42 Å². The van der Waals surface area contributed by atoms with Gasteiger partial charge < -0.3 is 14.6 Å². The number of hydrogen-bond donors (Lipinski definition) is 1. The summed E-state index contributed by atoms with van der Waals surface area (Å²) in [6.07, 6.45) is 0.323. The second kappa shape index (κ2) is 6.96. The van der Waals surface area contributed by atoms with Gasteiger partial charge in [0.1, 0.15) is 24.2 Å². The number of methoxy groups -OCH3 is 1. The number of aliphatic hydroxyl groups excluding tert-OH is 1. The molecule has 1 unspecified atom stereocenters. The van der Waals surface area contributed by atoms with E-state index < -0.39 is 6.10 Å². The van der Waals surface area contributed by atoms with E-state index in [2.05, 4.69) is 13.0 Å². The number of hydrogen-bond acceptors (Lipinski definition) is 3. The Morgan fingerprint density at radius 3 is 2.45 bits per heavy atom. The Labute approximate surface area is 119 Å². The molecule has 0 spiro atoms. The van der Waals surface area contributed by atoms with Crippen LogP contribution in [0.3, 0.4) is 0 Å². The third-order valence-electron chi connectivity index (χ3n) is 3.22. The summed E-state index contributed by atoms with van der Waals surface area (Å²) >= 11 is 0. The van der Waals surface area contributed by atoms with E-state index in [-0.39, 0.29) is 6.61 Å². The van der Waals surface area contributed by atoms with Gasteiger partial charge in [-0.3, -0.25) is 0 Å². The molecule has 0 aromatic heterocycles. The summed E-state index contributed by atoms with van der Waals surface area (Å²) in [5.41, 5.74) is 2.04. The fourth-order valence-electron chi connectivity index (χ4n) is 1.95. The number of benzene rings is 2. The second-order valence-corrected chi connectivity index (χ2v) is 4.60. The molecule has 3 heteroatoms. The number of rotatable bonds is 6. The Bertz CT molecular complexity index is 534. The highest BCUT2D eigenvalue weighted by molar-refractivity contribution is 5.30. The molecule has 0 aliphatic carbocycles. The first-order valence-electron chi connectivity index (χ1n) is 6.76. The van der Waals surface area contributed by atoms with Crippen LogP contribution >= 0.6 is 0 Å². The summed E-state index contributed by atoms with van der Waals surface area (Å²) in [6.45, 7) is 2.34. The van der Waals surface area contributed by atoms with E-state index in [0.29, 0.717) is 0 Å². The van der Waals surface area contributed by atoms with Crippen molar-refractivity contribution in [3.8, 4) is 11.5 Å². The van der Waals surface area contributed by atoms with Crippen LogP contribution in [0.1, 0.15) is 24.2 Å². The Morgan fingerprint density at radius 2 is 1.80 bits per heavy atom. The molecule has 1 N–H and O–H groups in total. The van der Waals surface area contributed by atoms with Gasteiger partial charge in [0.15, 0.2) is 0 Å². The van der Waals surface area contributed by atoms with Crippen LogP contribution in [0.2, 0.25) is 0 Å². The highest BCUT2D eigenvalue weighted by Gasteiger charge is 2.08. The third-order valence-corrected chi connectivity index (χ3v) is 3.22. The standard InChI is InChI=1S/C17H20O3/c1-3-13-5-4-6-16(11-13)20-12-17(18)14-7-9-15(19-2)10-8-14/h4-11,17-18H,3,12H2,1-2H3. The SMILES string of the molecule is CCc1cccc(OCC(O)c2ccc(OC)cc2)c1. The average molecular weight is 272 g/mol. The van der Waals surface area contributed by atoms with Gasteiger partial charge in [-0.05, 0) is 41.8 Å². The van der Waals surface area contributed by atoms with E-state index in [9.17, 15) is 5.11 Å². The molecule has 0 bridgehead atoms. The largest absolute Gasteiger partial charge is 0.497 e.